The second-order valence-electron chi connectivity index (χ2n) is 18.2. The van der Waals surface area contributed by atoms with Crippen LogP contribution in [0.15, 0.2) is 146 Å². The zero-order valence-corrected chi connectivity index (χ0v) is 33.9. The van der Waals surface area contributed by atoms with Crippen LogP contribution in [0.25, 0.3) is 110 Å². The molecule has 0 aliphatic heterocycles. The molecule has 10 aromatic rings. The van der Waals surface area contributed by atoms with E-state index in [4.69, 9.17) is 0 Å². The molecular weight excluding hydrogens is 721 g/mol. The van der Waals surface area contributed by atoms with Crippen molar-refractivity contribution < 1.29 is 0 Å². The van der Waals surface area contributed by atoms with Gasteiger partial charge in [0.15, 0.2) is 0 Å². The third-order valence-corrected chi connectivity index (χ3v) is 15.3. The first kappa shape index (κ1) is 33.3. The van der Waals surface area contributed by atoms with Gasteiger partial charge < -0.3 is 0 Å². The SMILES string of the molecule is C1=c2c(C3CCCCC3)ccc3c2c(c2c4c5c(ccc43)-c3cc4c(-c6ccccc6)c6c7ccccc7c7ccccc7c6c(-c6ccccc6)c4cc3C=5CC2)CC1. The molecule has 0 unspecified atom stereocenters. The summed E-state index contributed by atoms with van der Waals surface area (Å²) < 4.78 is 0. The van der Waals surface area contributed by atoms with Gasteiger partial charge in [0.25, 0.3) is 0 Å². The first-order valence-corrected chi connectivity index (χ1v) is 22.6. The van der Waals surface area contributed by atoms with E-state index in [1.54, 1.807) is 38.3 Å². The van der Waals surface area contributed by atoms with Crippen LogP contribution in [-0.2, 0) is 12.8 Å². The van der Waals surface area contributed by atoms with Gasteiger partial charge in [-0.3, -0.25) is 0 Å². The van der Waals surface area contributed by atoms with Crippen LogP contribution in [0.5, 0.6) is 0 Å². The summed E-state index contributed by atoms with van der Waals surface area (Å²) in [7, 11) is 0. The summed E-state index contributed by atoms with van der Waals surface area (Å²) in [5.41, 5.74) is 16.0. The minimum Gasteiger partial charge on any atom is -0.0760 e. The lowest BCUT2D eigenvalue weighted by molar-refractivity contribution is 0.442. The minimum atomic E-state index is 0.713. The Kier molecular flexibility index (Phi) is 6.95. The molecule has 0 nitrogen and oxygen atoms in total. The van der Waals surface area contributed by atoms with Crippen LogP contribution in [0.4, 0.5) is 0 Å². The van der Waals surface area contributed by atoms with Crippen LogP contribution in [0.2, 0.25) is 0 Å². The van der Waals surface area contributed by atoms with Crippen LogP contribution in [-0.4, -0.2) is 0 Å². The van der Waals surface area contributed by atoms with Crippen molar-refractivity contribution in [3.8, 4) is 33.4 Å². The summed E-state index contributed by atoms with van der Waals surface area (Å²) in [6.07, 6.45) is 14.0. The molecule has 0 atom stereocenters. The first-order chi connectivity index (χ1) is 29.8. The summed E-state index contributed by atoms with van der Waals surface area (Å²) in [6.45, 7) is 0. The largest absolute Gasteiger partial charge is 0.0760 e. The molecule has 0 saturated heterocycles. The Morgan fingerprint density at radius 1 is 0.383 bits per heavy atom. The Labute approximate surface area is 350 Å². The molecule has 1 fully saturated rings. The molecule has 1 saturated carbocycles. The van der Waals surface area contributed by atoms with E-state index in [-0.39, 0.29) is 0 Å². The van der Waals surface area contributed by atoms with E-state index >= 15 is 0 Å². The van der Waals surface area contributed by atoms with Crippen molar-refractivity contribution in [1.29, 1.82) is 0 Å². The molecule has 0 bridgehead atoms. The number of hydrogen-bond acceptors (Lipinski definition) is 0. The fourth-order valence-electron chi connectivity index (χ4n) is 12.9. The topological polar surface area (TPSA) is 0 Å². The summed E-state index contributed by atoms with van der Waals surface area (Å²) >= 11 is 0. The van der Waals surface area contributed by atoms with E-state index in [1.165, 1.54) is 130 Å². The maximum absolute atomic E-state index is 2.63. The molecule has 4 aliphatic rings. The van der Waals surface area contributed by atoms with Crippen molar-refractivity contribution >= 4 is 76.3 Å². The van der Waals surface area contributed by atoms with Gasteiger partial charge in [-0.15, -0.1) is 0 Å². The average Bonchev–Trinajstić information content (AvgIpc) is 3.64. The predicted molar refractivity (Wildman–Crippen MR) is 256 cm³/mol. The molecule has 60 heavy (non-hydrogen) atoms. The normalized spacial score (nSPS) is 15.8. The first-order valence-electron chi connectivity index (χ1n) is 22.6. The summed E-state index contributed by atoms with van der Waals surface area (Å²) in [5, 5.41) is 19.8. The number of aryl methyl sites for hydroxylation is 2. The van der Waals surface area contributed by atoms with Gasteiger partial charge in [-0.1, -0.05) is 159 Å². The molecular formula is C60H44. The summed E-state index contributed by atoms with van der Waals surface area (Å²) in [5.74, 6) is 0.713. The van der Waals surface area contributed by atoms with Gasteiger partial charge in [0.2, 0.25) is 0 Å². The van der Waals surface area contributed by atoms with Crippen LogP contribution < -0.4 is 10.4 Å². The lowest BCUT2D eigenvalue weighted by Crippen LogP contribution is -2.23. The second-order valence-corrected chi connectivity index (χ2v) is 18.2. The third kappa shape index (κ3) is 4.41. The van der Waals surface area contributed by atoms with E-state index in [0.29, 0.717) is 5.92 Å². The van der Waals surface area contributed by atoms with E-state index in [1.807, 2.05) is 0 Å². The molecule has 0 amide bonds. The Bertz CT molecular complexity index is 3660. The van der Waals surface area contributed by atoms with Gasteiger partial charge >= 0.3 is 0 Å². The van der Waals surface area contributed by atoms with E-state index in [2.05, 4.69) is 152 Å². The van der Waals surface area contributed by atoms with Crippen LogP contribution >= 0.6 is 0 Å². The van der Waals surface area contributed by atoms with Gasteiger partial charge in [0.1, 0.15) is 0 Å². The van der Waals surface area contributed by atoms with Crippen molar-refractivity contribution in [1.82, 2.24) is 0 Å². The highest BCUT2D eigenvalue weighted by atomic mass is 14.3. The number of fused-ring (bicyclic) bond motifs is 12. The van der Waals surface area contributed by atoms with Crippen LogP contribution in [0.3, 0.4) is 0 Å². The maximum Gasteiger partial charge on any atom is -0.000763 e. The zero-order chi connectivity index (χ0) is 39.1. The van der Waals surface area contributed by atoms with E-state index in [0.717, 1.165) is 25.7 Å². The lowest BCUT2D eigenvalue weighted by Gasteiger charge is -2.27. The van der Waals surface area contributed by atoms with Crippen LogP contribution in [0, 0.1) is 0 Å². The van der Waals surface area contributed by atoms with Crippen molar-refractivity contribution in [3.63, 3.8) is 0 Å². The highest BCUT2D eigenvalue weighted by molar-refractivity contribution is 6.37. The Hall–Kier alpha value is -6.50. The van der Waals surface area contributed by atoms with Gasteiger partial charge in [-0.2, -0.15) is 0 Å². The van der Waals surface area contributed by atoms with Gasteiger partial charge in [-0.05, 0) is 193 Å². The highest BCUT2D eigenvalue weighted by Crippen LogP contribution is 2.52. The van der Waals surface area contributed by atoms with Crippen molar-refractivity contribution in [3.05, 3.63) is 178 Å². The molecule has 0 heteroatoms. The smallest absolute Gasteiger partial charge is 0.000763 e. The highest BCUT2D eigenvalue weighted by Gasteiger charge is 2.32. The number of rotatable bonds is 3. The monoisotopic (exact) mass is 764 g/mol. The van der Waals surface area contributed by atoms with Crippen molar-refractivity contribution in [2.45, 2.75) is 63.7 Å². The van der Waals surface area contributed by atoms with E-state index in [9.17, 15) is 0 Å². The van der Waals surface area contributed by atoms with E-state index < -0.39 is 0 Å². The fourth-order valence-corrected chi connectivity index (χ4v) is 12.9. The van der Waals surface area contributed by atoms with Gasteiger partial charge in [0.05, 0.1) is 0 Å². The molecule has 4 aliphatic carbocycles. The average molecular weight is 765 g/mol. The maximum atomic E-state index is 2.63. The van der Waals surface area contributed by atoms with Crippen molar-refractivity contribution in [2.24, 2.45) is 0 Å². The molecule has 14 rings (SSSR count). The molecule has 284 valence electrons. The Morgan fingerprint density at radius 3 is 1.60 bits per heavy atom. The third-order valence-electron chi connectivity index (χ3n) is 15.3. The quantitative estimate of drug-likeness (QED) is 0.124. The van der Waals surface area contributed by atoms with Gasteiger partial charge in [-0.25, -0.2) is 0 Å². The minimum absolute atomic E-state index is 0.713. The molecule has 0 spiro atoms. The predicted octanol–water partition coefficient (Wildman–Crippen LogP) is 14.8. The Balaban J connectivity index is 1.14. The lowest BCUT2D eigenvalue weighted by atomic mass is 9.77. The fraction of sp³-hybridized carbons (Fsp3) is 0.167. The zero-order valence-electron chi connectivity index (χ0n) is 33.9. The van der Waals surface area contributed by atoms with Crippen LogP contribution in [0.1, 0.15) is 73.1 Å². The van der Waals surface area contributed by atoms with Crippen molar-refractivity contribution in [2.75, 3.05) is 0 Å². The number of benzene rings is 10. The number of hydrogen-bond donors (Lipinski definition) is 0. The molecule has 0 radical (unpaired) electrons. The summed E-state index contributed by atoms with van der Waals surface area (Å²) in [6, 6.07) is 56.0. The van der Waals surface area contributed by atoms with Gasteiger partial charge in [0, 0.05) is 0 Å². The molecule has 10 aromatic carbocycles. The molecule has 0 aromatic heterocycles. The standard InChI is InChI=1S/C60H44/c1-4-15-35(16-5-1)38-27-28-45-47-30-32-49-51-34-53-52(33-50(51)48-31-29-46(57(47)58(48)49)44-26-14-25-41(38)56(44)45)54(36-17-6-2-7-18-36)59-42-23-12-10-21-39(42)40-22-11-13-24-43(40)60(59)55(53)37-19-8-3-9-20-37/h2-3,6-13,17-25,27-28,30,32-35H,1,4-5,14-16,26,29,31H2. The molecule has 0 heterocycles. The Morgan fingerprint density at radius 2 is 0.933 bits per heavy atom. The summed E-state index contributed by atoms with van der Waals surface area (Å²) in [4.78, 5) is 0. The molecule has 0 N–H and O–H groups in total. The second kappa shape index (κ2) is 12.5.